The molecular formula is C13H11ClN2O4. The van der Waals surface area contributed by atoms with E-state index in [0.29, 0.717) is 16.4 Å². The first kappa shape index (κ1) is 14.1. The van der Waals surface area contributed by atoms with E-state index in [0.717, 1.165) is 4.90 Å². The molecule has 0 aliphatic heterocycles. The number of amides is 1. The van der Waals surface area contributed by atoms with Gasteiger partial charge in [0.1, 0.15) is 6.54 Å². The van der Waals surface area contributed by atoms with E-state index >= 15 is 0 Å². The Bertz CT molecular complexity index is 653. The highest BCUT2D eigenvalue weighted by atomic mass is 35.5. The average molecular weight is 295 g/mol. The molecule has 104 valence electrons. The van der Waals surface area contributed by atoms with Crippen molar-refractivity contribution >= 4 is 29.2 Å². The monoisotopic (exact) mass is 294 g/mol. The summed E-state index contributed by atoms with van der Waals surface area (Å²) in [5.74, 6) is -1.76. The van der Waals surface area contributed by atoms with Gasteiger partial charge in [-0.3, -0.25) is 14.5 Å². The number of hydrogen-bond acceptors (Lipinski definition) is 4. The molecule has 2 rings (SSSR count). The van der Waals surface area contributed by atoms with Crippen LogP contribution >= 0.6 is 11.6 Å². The van der Waals surface area contributed by atoms with Gasteiger partial charge in [-0.25, -0.2) is 0 Å². The number of anilines is 1. The number of aryl methyl sites for hydroxylation is 1. The van der Waals surface area contributed by atoms with Gasteiger partial charge < -0.3 is 9.63 Å². The summed E-state index contributed by atoms with van der Waals surface area (Å²) in [4.78, 5) is 24.3. The number of nitrogens with zero attached hydrogens (tertiary/aromatic N) is 2. The fourth-order valence-corrected chi connectivity index (χ4v) is 1.84. The van der Waals surface area contributed by atoms with Crippen LogP contribution in [0, 0.1) is 6.92 Å². The third kappa shape index (κ3) is 3.16. The van der Waals surface area contributed by atoms with Crippen molar-refractivity contribution in [3.05, 3.63) is 46.8 Å². The maximum absolute atomic E-state index is 12.3. The zero-order valence-corrected chi connectivity index (χ0v) is 11.3. The first-order valence-electron chi connectivity index (χ1n) is 5.70. The summed E-state index contributed by atoms with van der Waals surface area (Å²) < 4.78 is 4.87. The van der Waals surface area contributed by atoms with Crippen molar-refractivity contribution < 1.29 is 19.2 Å². The predicted octanol–water partition coefficient (Wildman–Crippen LogP) is 2.37. The van der Waals surface area contributed by atoms with Gasteiger partial charge in [-0.05, 0) is 25.1 Å². The molecule has 0 aliphatic rings. The van der Waals surface area contributed by atoms with Crippen LogP contribution in [0.4, 0.5) is 5.69 Å². The van der Waals surface area contributed by atoms with Gasteiger partial charge in [0.25, 0.3) is 5.91 Å². The smallest absolute Gasteiger partial charge is 0.323 e. The zero-order chi connectivity index (χ0) is 14.7. The number of carbonyl (C=O) groups excluding carboxylic acids is 1. The van der Waals surface area contributed by atoms with E-state index in [-0.39, 0.29) is 5.76 Å². The standard InChI is InChI=1S/C13H11ClN2O4/c1-8-5-11(20-15-8)13(19)16(7-12(17)18)10-4-2-3-9(14)6-10/h2-6H,7H2,1H3,(H,17,18). The lowest BCUT2D eigenvalue weighted by molar-refractivity contribution is -0.135. The van der Waals surface area contributed by atoms with Crippen LogP contribution in [0.3, 0.4) is 0 Å². The number of halogens is 1. The van der Waals surface area contributed by atoms with Crippen LogP contribution in [0.15, 0.2) is 34.9 Å². The summed E-state index contributed by atoms with van der Waals surface area (Å²) in [7, 11) is 0. The minimum atomic E-state index is -1.14. The van der Waals surface area contributed by atoms with Crippen molar-refractivity contribution in [3.63, 3.8) is 0 Å². The van der Waals surface area contributed by atoms with E-state index in [2.05, 4.69) is 5.16 Å². The molecule has 0 unspecified atom stereocenters. The van der Waals surface area contributed by atoms with E-state index in [1.165, 1.54) is 12.1 Å². The average Bonchev–Trinajstić information content (AvgIpc) is 2.81. The Hall–Kier alpha value is -2.34. The van der Waals surface area contributed by atoms with Crippen LogP contribution < -0.4 is 4.90 Å². The molecule has 0 spiro atoms. The first-order valence-corrected chi connectivity index (χ1v) is 6.07. The third-order valence-corrected chi connectivity index (χ3v) is 2.73. The van der Waals surface area contributed by atoms with Gasteiger partial charge in [0, 0.05) is 16.8 Å². The molecule has 20 heavy (non-hydrogen) atoms. The number of benzene rings is 1. The maximum Gasteiger partial charge on any atom is 0.323 e. The van der Waals surface area contributed by atoms with Gasteiger partial charge >= 0.3 is 5.97 Å². The molecule has 0 saturated heterocycles. The van der Waals surface area contributed by atoms with E-state index in [4.69, 9.17) is 21.2 Å². The molecule has 0 aliphatic carbocycles. The number of aliphatic carboxylic acids is 1. The van der Waals surface area contributed by atoms with Crippen LogP contribution in [0.1, 0.15) is 16.2 Å². The molecule has 0 fully saturated rings. The Labute approximate surface area is 119 Å². The van der Waals surface area contributed by atoms with E-state index in [1.807, 2.05) is 0 Å². The first-order chi connectivity index (χ1) is 9.47. The summed E-state index contributed by atoms with van der Waals surface area (Å²) in [6.45, 7) is 1.17. The van der Waals surface area contributed by atoms with Gasteiger partial charge in [0.15, 0.2) is 0 Å². The molecule has 6 nitrogen and oxygen atoms in total. The maximum atomic E-state index is 12.3. The summed E-state index contributed by atoms with van der Waals surface area (Å²) in [6.07, 6.45) is 0. The quantitative estimate of drug-likeness (QED) is 0.936. The number of carbonyl (C=O) groups is 2. The van der Waals surface area contributed by atoms with Crippen LogP contribution in [-0.2, 0) is 4.79 Å². The minimum Gasteiger partial charge on any atom is -0.480 e. The van der Waals surface area contributed by atoms with Gasteiger partial charge in [-0.1, -0.05) is 22.8 Å². The number of rotatable bonds is 4. The zero-order valence-electron chi connectivity index (χ0n) is 10.5. The molecule has 1 heterocycles. The fraction of sp³-hybridized carbons (Fsp3) is 0.154. The Kier molecular flexibility index (Phi) is 4.05. The SMILES string of the molecule is Cc1cc(C(=O)N(CC(=O)O)c2cccc(Cl)c2)on1. The summed E-state index contributed by atoms with van der Waals surface area (Å²) >= 11 is 5.86. The Morgan fingerprint density at radius 3 is 2.70 bits per heavy atom. The van der Waals surface area contributed by atoms with Crippen molar-refractivity contribution in [1.29, 1.82) is 0 Å². The molecule has 7 heteroatoms. The molecule has 1 aromatic heterocycles. The minimum absolute atomic E-state index is 0.0243. The highest BCUT2D eigenvalue weighted by molar-refractivity contribution is 6.31. The summed E-state index contributed by atoms with van der Waals surface area (Å²) in [5.41, 5.74) is 0.911. The molecule has 0 bridgehead atoms. The van der Waals surface area contributed by atoms with Crippen LogP contribution in [0.2, 0.25) is 5.02 Å². The van der Waals surface area contributed by atoms with Crippen LogP contribution in [0.5, 0.6) is 0 Å². The molecule has 0 saturated carbocycles. The topological polar surface area (TPSA) is 83.6 Å². The van der Waals surface area contributed by atoms with Gasteiger partial charge in [0.05, 0.1) is 5.69 Å². The second-order valence-electron chi connectivity index (χ2n) is 4.10. The highest BCUT2D eigenvalue weighted by Crippen LogP contribution is 2.21. The van der Waals surface area contributed by atoms with Crippen molar-refractivity contribution in [3.8, 4) is 0 Å². The van der Waals surface area contributed by atoms with Crippen molar-refractivity contribution in [1.82, 2.24) is 5.16 Å². The molecule has 0 atom stereocenters. The lowest BCUT2D eigenvalue weighted by Gasteiger charge is -2.19. The fourth-order valence-electron chi connectivity index (χ4n) is 1.66. The summed E-state index contributed by atoms with van der Waals surface area (Å²) in [6, 6.07) is 7.81. The summed E-state index contributed by atoms with van der Waals surface area (Å²) in [5, 5.41) is 13.0. The highest BCUT2D eigenvalue weighted by Gasteiger charge is 2.23. The van der Waals surface area contributed by atoms with Gasteiger partial charge in [-0.2, -0.15) is 0 Å². The largest absolute Gasteiger partial charge is 0.480 e. The van der Waals surface area contributed by atoms with Gasteiger partial charge in [0.2, 0.25) is 5.76 Å². The second kappa shape index (κ2) is 5.75. The van der Waals surface area contributed by atoms with Crippen LogP contribution in [0.25, 0.3) is 0 Å². The molecule has 1 aromatic carbocycles. The van der Waals surface area contributed by atoms with Crippen molar-refractivity contribution in [2.24, 2.45) is 0 Å². The third-order valence-electron chi connectivity index (χ3n) is 2.50. The number of carboxylic acid groups (broad SMARTS) is 1. The lowest BCUT2D eigenvalue weighted by Crippen LogP contribution is -2.35. The Balaban J connectivity index is 2.37. The molecule has 1 N–H and O–H groups in total. The predicted molar refractivity (Wildman–Crippen MR) is 72.0 cm³/mol. The lowest BCUT2D eigenvalue weighted by atomic mass is 10.2. The second-order valence-corrected chi connectivity index (χ2v) is 4.53. The Morgan fingerprint density at radius 2 is 2.15 bits per heavy atom. The normalized spacial score (nSPS) is 10.3. The Morgan fingerprint density at radius 1 is 1.40 bits per heavy atom. The van der Waals surface area contributed by atoms with E-state index in [1.54, 1.807) is 25.1 Å². The molecule has 1 amide bonds. The van der Waals surface area contributed by atoms with Crippen molar-refractivity contribution in [2.45, 2.75) is 6.92 Å². The van der Waals surface area contributed by atoms with E-state index in [9.17, 15) is 9.59 Å². The molecule has 2 aromatic rings. The van der Waals surface area contributed by atoms with E-state index < -0.39 is 18.4 Å². The van der Waals surface area contributed by atoms with Crippen molar-refractivity contribution in [2.75, 3.05) is 11.4 Å². The van der Waals surface area contributed by atoms with Gasteiger partial charge in [-0.15, -0.1) is 0 Å². The number of hydrogen-bond donors (Lipinski definition) is 1. The van der Waals surface area contributed by atoms with Crippen LogP contribution in [-0.4, -0.2) is 28.7 Å². The number of carboxylic acids is 1. The molecule has 0 radical (unpaired) electrons. The number of aromatic nitrogens is 1. The molecular weight excluding hydrogens is 284 g/mol.